The van der Waals surface area contributed by atoms with Crippen LogP contribution in [0.4, 0.5) is 8.78 Å². The molecule has 0 amide bonds. The van der Waals surface area contributed by atoms with Crippen molar-refractivity contribution in [2.75, 3.05) is 26.7 Å². The van der Waals surface area contributed by atoms with Gasteiger partial charge in [-0.15, -0.1) is 0 Å². The summed E-state index contributed by atoms with van der Waals surface area (Å²) in [5.41, 5.74) is 0.113. The zero-order valence-electron chi connectivity index (χ0n) is 9.76. The Morgan fingerprint density at radius 3 is 2.44 bits per heavy atom. The van der Waals surface area contributed by atoms with E-state index < -0.39 is 11.6 Å². The topological polar surface area (TPSA) is 15.3 Å². The number of hydrogen-bond donors (Lipinski definition) is 1. The first-order chi connectivity index (χ1) is 7.65. The van der Waals surface area contributed by atoms with Gasteiger partial charge in [-0.3, -0.25) is 0 Å². The second-order valence-electron chi connectivity index (χ2n) is 3.77. The maximum absolute atomic E-state index is 13.2. The molecule has 1 rings (SSSR count). The highest BCUT2D eigenvalue weighted by atomic mass is 19.1. The van der Waals surface area contributed by atoms with E-state index in [-0.39, 0.29) is 12.1 Å². The monoisotopic (exact) mass is 228 g/mol. The van der Waals surface area contributed by atoms with Crippen molar-refractivity contribution in [3.8, 4) is 0 Å². The summed E-state index contributed by atoms with van der Waals surface area (Å²) in [6.45, 7) is 4.85. The van der Waals surface area contributed by atoms with Crippen molar-refractivity contribution in [2.45, 2.75) is 13.5 Å². The summed E-state index contributed by atoms with van der Waals surface area (Å²) in [5.74, 6) is -0.979. The second kappa shape index (κ2) is 6.55. The van der Waals surface area contributed by atoms with Crippen LogP contribution in [0.25, 0.3) is 0 Å². The summed E-state index contributed by atoms with van der Waals surface area (Å²) < 4.78 is 26.4. The third-order valence-corrected chi connectivity index (χ3v) is 2.57. The van der Waals surface area contributed by atoms with Gasteiger partial charge in [-0.25, -0.2) is 8.78 Å². The zero-order valence-corrected chi connectivity index (χ0v) is 9.76. The molecular formula is C12H18F2N2. The Morgan fingerprint density at radius 2 is 1.88 bits per heavy atom. The largest absolute Gasteiger partial charge is 0.311 e. The van der Waals surface area contributed by atoms with Crippen molar-refractivity contribution >= 4 is 0 Å². The molecule has 0 fully saturated rings. The van der Waals surface area contributed by atoms with Gasteiger partial charge < -0.3 is 10.2 Å². The van der Waals surface area contributed by atoms with Gasteiger partial charge in [0.15, 0.2) is 0 Å². The van der Waals surface area contributed by atoms with Crippen molar-refractivity contribution in [1.29, 1.82) is 0 Å². The van der Waals surface area contributed by atoms with Gasteiger partial charge in [-0.1, -0.05) is 13.0 Å². The molecule has 0 aromatic heterocycles. The SMILES string of the molecule is CCN(C)CCNCc1c(F)cccc1F. The van der Waals surface area contributed by atoms with E-state index in [2.05, 4.69) is 17.1 Å². The van der Waals surface area contributed by atoms with E-state index in [0.717, 1.165) is 19.6 Å². The van der Waals surface area contributed by atoms with E-state index in [0.29, 0.717) is 0 Å². The molecule has 90 valence electrons. The van der Waals surface area contributed by atoms with Gasteiger partial charge >= 0.3 is 0 Å². The van der Waals surface area contributed by atoms with E-state index >= 15 is 0 Å². The highest BCUT2D eigenvalue weighted by molar-refractivity contribution is 5.19. The summed E-state index contributed by atoms with van der Waals surface area (Å²) in [5, 5.41) is 3.03. The summed E-state index contributed by atoms with van der Waals surface area (Å²) in [4.78, 5) is 2.13. The van der Waals surface area contributed by atoms with Crippen LogP contribution in [0.3, 0.4) is 0 Å². The Labute approximate surface area is 95.3 Å². The first-order valence-electron chi connectivity index (χ1n) is 5.47. The lowest BCUT2D eigenvalue weighted by Gasteiger charge is -2.14. The molecule has 0 saturated carbocycles. The fraction of sp³-hybridized carbons (Fsp3) is 0.500. The lowest BCUT2D eigenvalue weighted by molar-refractivity contribution is 0.348. The molecule has 0 spiro atoms. The predicted molar refractivity (Wildman–Crippen MR) is 61.2 cm³/mol. The molecule has 1 N–H and O–H groups in total. The molecule has 0 aliphatic heterocycles. The first-order valence-corrected chi connectivity index (χ1v) is 5.47. The molecule has 0 saturated heterocycles. The third kappa shape index (κ3) is 3.87. The average Bonchev–Trinajstić information content (AvgIpc) is 2.27. The number of rotatable bonds is 6. The van der Waals surface area contributed by atoms with Gasteiger partial charge in [-0.05, 0) is 25.7 Å². The van der Waals surface area contributed by atoms with Crippen LogP contribution in [-0.4, -0.2) is 31.6 Å². The summed E-state index contributed by atoms with van der Waals surface area (Å²) in [7, 11) is 2.01. The van der Waals surface area contributed by atoms with E-state index in [9.17, 15) is 8.78 Å². The van der Waals surface area contributed by atoms with Gasteiger partial charge in [0.2, 0.25) is 0 Å². The first kappa shape index (κ1) is 13.1. The van der Waals surface area contributed by atoms with Crippen LogP contribution in [-0.2, 0) is 6.54 Å². The quantitative estimate of drug-likeness (QED) is 0.749. The van der Waals surface area contributed by atoms with Gasteiger partial charge in [-0.2, -0.15) is 0 Å². The molecule has 0 aliphatic rings. The Bertz CT molecular complexity index is 309. The Balaban J connectivity index is 2.37. The zero-order chi connectivity index (χ0) is 12.0. The maximum atomic E-state index is 13.2. The number of halogens is 2. The van der Waals surface area contributed by atoms with Crippen LogP contribution in [0.2, 0.25) is 0 Å². The molecule has 0 radical (unpaired) electrons. The van der Waals surface area contributed by atoms with Crippen LogP contribution in [0, 0.1) is 11.6 Å². The highest BCUT2D eigenvalue weighted by Gasteiger charge is 2.07. The molecule has 0 unspecified atom stereocenters. The predicted octanol–water partition coefficient (Wildman–Crippen LogP) is 2.01. The standard InChI is InChI=1S/C12H18F2N2/c1-3-16(2)8-7-15-9-10-11(13)5-4-6-12(10)14/h4-6,15H,3,7-9H2,1-2H3. The molecule has 0 bridgehead atoms. The van der Waals surface area contributed by atoms with E-state index in [1.165, 1.54) is 18.2 Å². The smallest absolute Gasteiger partial charge is 0.130 e. The molecule has 0 atom stereocenters. The van der Waals surface area contributed by atoms with E-state index in [1.807, 2.05) is 7.05 Å². The van der Waals surface area contributed by atoms with Crippen LogP contribution in [0.1, 0.15) is 12.5 Å². The number of hydrogen-bond acceptors (Lipinski definition) is 2. The number of benzene rings is 1. The molecule has 0 aliphatic carbocycles. The van der Waals surface area contributed by atoms with Gasteiger partial charge in [0.25, 0.3) is 0 Å². The van der Waals surface area contributed by atoms with Crippen LogP contribution >= 0.6 is 0 Å². The van der Waals surface area contributed by atoms with Gasteiger partial charge in [0.1, 0.15) is 11.6 Å². The second-order valence-corrected chi connectivity index (χ2v) is 3.77. The van der Waals surface area contributed by atoms with Gasteiger partial charge in [0.05, 0.1) is 0 Å². The van der Waals surface area contributed by atoms with Crippen LogP contribution in [0.5, 0.6) is 0 Å². The van der Waals surface area contributed by atoms with Crippen molar-refractivity contribution in [1.82, 2.24) is 10.2 Å². The summed E-state index contributed by atoms with van der Waals surface area (Å²) >= 11 is 0. The lowest BCUT2D eigenvalue weighted by atomic mass is 10.2. The lowest BCUT2D eigenvalue weighted by Crippen LogP contribution is -2.29. The van der Waals surface area contributed by atoms with Crippen molar-refractivity contribution in [3.05, 3.63) is 35.4 Å². The van der Waals surface area contributed by atoms with Crippen LogP contribution < -0.4 is 5.32 Å². The minimum Gasteiger partial charge on any atom is -0.311 e. The van der Waals surface area contributed by atoms with E-state index in [1.54, 1.807) is 0 Å². The molecule has 4 heteroatoms. The fourth-order valence-corrected chi connectivity index (χ4v) is 1.34. The molecule has 1 aromatic carbocycles. The molecule has 2 nitrogen and oxygen atoms in total. The summed E-state index contributed by atoms with van der Waals surface area (Å²) in [6.07, 6.45) is 0. The maximum Gasteiger partial charge on any atom is 0.130 e. The van der Waals surface area contributed by atoms with Gasteiger partial charge in [0, 0.05) is 25.2 Å². The van der Waals surface area contributed by atoms with Crippen LogP contribution in [0.15, 0.2) is 18.2 Å². The van der Waals surface area contributed by atoms with Crippen molar-refractivity contribution in [3.63, 3.8) is 0 Å². The number of nitrogens with one attached hydrogen (secondary N) is 1. The summed E-state index contributed by atoms with van der Waals surface area (Å²) in [6, 6.07) is 3.93. The molecule has 16 heavy (non-hydrogen) atoms. The Hall–Kier alpha value is -1.00. The Kier molecular flexibility index (Phi) is 5.35. The van der Waals surface area contributed by atoms with Crippen molar-refractivity contribution < 1.29 is 8.78 Å². The third-order valence-electron chi connectivity index (χ3n) is 2.57. The minimum atomic E-state index is -0.489. The number of nitrogens with zero attached hydrogens (tertiary/aromatic N) is 1. The van der Waals surface area contributed by atoms with Crippen molar-refractivity contribution in [2.24, 2.45) is 0 Å². The highest BCUT2D eigenvalue weighted by Crippen LogP contribution is 2.11. The fourth-order valence-electron chi connectivity index (χ4n) is 1.34. The van der Waals surface area contributed by atoms with E-state index in [4.69, 9.17) is 0 Å². The normalized spacial score (nSPS) is 11.1. The average molecular weight is 228 g/mol. The number of likely N-dealkylation sites (N-methyl/N-ethyl adjacent to an activating group) is 1. The Morgan fingerprint density at radius 1 is 1.25 bits per heavy atom. The minimum absolute atomic E-state index is 0.113. The molecule has 0 heterocycles. The molecular weight excluding hydrogens is 210 g/mol. The molecule has 1 aromatic rings.